The third-order valence-electron chi connectivity index (χ3n) is 1.64. The van der Waals surface area contributed by atoms with Gasteiger partial charge in [0, 0.05) is 12.1 Å². The van der Waals surface area contributed by atoms with Crippen molar-refractivity contribution >= 4 is 17.7 Å². The standard InChI is InChI=1S/C8H13NOS/c1-6(2)8(10)9-4-5-11-7(9)3/h4-7H,1-3H3. The number of thioether (sulfide) groups is 1. The largest absolute Gasteiger partial charge is 0.306 e. The van der Waals surface area contributed by atoms with Gasteiger partial charge in [0.2, 0.25) is 5.91 Å². The van der Waals surface area contributed by atoms with E-state index in [1.165, 1.54) is 0 Å². The van der Waals surface area contributed by atoms with Crippen molar-refractivity contribution in [3.8, 4) is 0 Å². The molecule has 0 aromatic rings. The molecular formula is C8H13NOS. The molecule has 2 nitrogen and oxygen atoms in total. The first-order valence-corrected chi connectivity index (χ1v) is 4.71. The fourth-order valence-electron chi connectivity index (χ4n) is 0.952. The van der Waals surface area contributed by atoms with E-state index in [2.05, 4.69) is 0 Å². The Morgan fingerprint density at radius 2 is 2.27 bits per heavy atom. The van der Waals surface area contributed by atoms with E-state index in [4.69, 9.17) is 0 Å². The number of nitrogens with zero attached hydrogens (tertiary/aromatic N) is 1. The summed E-state index contributed by atoms with van der Waals surface area (Å²) >= 11 is 1.68. The van der Waals surface area contributed by atoms with Crippen LogP contribution in [0.15, 0.2) is 11.6 Å². The van der Waals surface area contributed by atoms with Crippen LogP contribution in [-0.2, 0) is 4.79 Å². The maximum Gasteiger partial charge on any atom is 0.230 e. The van der Waals surface area contributed by atoms with Crippen molar-refractivity contribution in [2.45, 2.75) is 26.1 Å². The Morgan fingerprint density at radius 1 is 1.64 bits per heavy atom. The number of hydrogen-bond acceptors (Lipinski definition) is 2. The lowest BCUT2D eigenvalue weighted by Gasteiger charge is -2.20. The van der Waals surface area contributed by atoms with Crippen LogP contribution in [0, 0.1) is 5.92 Å². The fourth-order valence-corrected chi connectivity index (χ4v) is 1.69. The van der Waals surface area contributed by atoms with Crippen LogP contribution in [0.1, 0.15) is 20.8 Å². The minimum atomic E-state index is 0.0980. The molecule has 0 aromatic heterocycles. The predicted octanol–water partition coefficient (Wildman–Crippen LogP) is 2.04. The van der Waals surface area contributed by atoms with Crippen molar-refractivity contribution in [3.63, 3.8) is 0 Å². The Balaban J connectivity index is 2.60. The highest BCUT2D eigenvalue weighted by Gasteiger charge is 2.23. The van der Waals surface area contributed by atoms with Gasteiger partial charge < -0.3 is 4.90 Å². The second-order valence-electron chi connectivity index (χ2n) is 2.92. The molecule has 0 N–H and O–H groups in total. The normalized spacial score (nSPS) is 23.3. The maximum absolute atomic E-state index is 11.4. The van der Waals surface area contributed by atoms with Gasteiger partial charge in [0.1, 0.15) is 0 Å². The van der Waals surface area contributed by atoms with Crippen molar-refractivity contribution in [2.75, 3.05) is 0 Å². The van der Waals surface area contributed by atoms with Crippen LogP contribution in [0.2, 0.25) is 0 Å². The zero-order valence-corrected chi connectivity index (χ0v) is 7.89. The molecule has 1 aliphatic heterocycles. The average Bonchev–Trinajstić information content (AvgIpc) is 2.33. The van der Waals surface area contributed by atoms with Crippen molar-refractivity contribution in [2.24, 2.45) is 5.92 Å². The Labute approximate surface area is 71.6 Å². The highest BCUT2D eigenvalue weighted by Crippen LogP contribution is 2.25. The molecule has 1 aliphatic rings. The summed E-state index contributed by atoms with van der Waals surface area (Å²) in [5.41, 5.74) is 0. The van der Waals surface area contributed by atoms with Gasteiger partial charge >= 0.3 is 0 Å². The monoisotopic (exact) mass is 171 g/mol. The Bertz CT molecular complexity index is 189. The predicted molar refractivity (Wildman–Crippen MR) is 47.9 cm³/mol. The molecule has 3 heteroatoms. The quantitative estimate of drug-likeness (QED) is 0.601. The number of carbonyl (C=O) groups excluding carboxylic acids is 1. The minimum absolute atomic E-state index is 0.0980. The van der Waals surface area contributed by atoms with E-state index in [0.717, 1.165) is 0 Å². The molecule has 1 amide bonds. The lowest BCUT2D eigenvalue weighted by molar-refractivity contribution is -0.131. The lowest BCUT2D eigenvalue weighted by Crippen LogP contribution is -2.32. The van der Waals surface area contributed by atoms with E-state index in [9.17, 15) is 4.79 Å². The van der Waals surface area contributed by atoms with Gasteiger partial charge in [-0.2, -0.15) is 0 Å². The van der Waals surface area contributed by atoms with Gasteiger partial charge in [-0.3, -0.25) is 4.79 Å². The first kappa shape index (κ1) is 8.65. The molecular weight excluding hydrogens is 158 g/mol. The highest BCUT2D eigenvalue weighted by atomic mass is 32.2. The van der Waals surface area contributed by atoms with Crippen LogP contribution in [0.3, 0.4) is 0 Å². The smallest absolute Gasteiger partial charge is 0.230 e. The van der Waals surface area contributed by atoms with Gasteiger partial charge in [-0.25, -0.2) is 0 Å². The van der Waals surface area contributed by atoms with Crippen molar-refractivity contribution in [1.82, 2.24) is 4.90 Å². The average molecular weight is 171 g/mol. The molecule has 1 unspecified atom stereocenters. The molecule has 1 atom stereocenters. The van der Waals surface area contributed by atoms with Crippen LogP contribution in [-0.4, -0.2) is 16.2 Å². The maximum atomic E-state index is 11.4. The molecule has 1 heterocycles. The zero-order valence-electron chi connectivity index (χ0n) is 7.07. The summed E-state index contributed by atoms with van der Waals surface area (Å²) in [4.78, 5) is 13.2. The van der Waals surface area contributed by atoms with Crippen LogP contribution < -0.4 is 0 Å². The van der Waals surface area contributed by atoms with Gasteiger partial charge in [-0.15, -0.1) is 11.8 Å². The first-order chi connectivity index (χ1) is 5.13. The fraction of sp³-hybridized carbons (Fsp3) is 0.625. The van der Waals surface area contributed by atoms with Gasteiger partial charge in [-0.1, -0.05) is 13.8 Å². The topological polar surface area (TPSA) is 20.3 Å². The summed E-state index contributed by atoms with van der Waals surface area (Å²) in [5.74, 6) is 0.305. The SMILES string of the molecule is CC(C)C(=O)N1C=CSC1C. The van der Waals surface area contributed by atoms with Crippen LogP contribution in [0.25, 0.3) is 0 Å². The number of carbonyl (C=O) groups is 1. The molecule has 0 saturated heterocycles. The summed E-state index contributed by atoms with van der Waals surface area (Å²) < 4.78 is 0. The van der Waals surface area contributed by atoms with E-state index in [1.54, 1.807) is 16.7 Å². The van der Waals surface area contributed by atoms with Crippen LogP contribution >= 0.6 is 11.8 Å². The van der Waals surface area contributed by atoms with E-state index >= 15 is 0 Å². The highest BCUT2D eigenvalue weighted by molar-refractivity contribution is 8.02. The van der Waals surface area contributed by atoms with Crippen molar-refractivity contribution in [1.29, 1.82) is 0 Å². The van der Waals surface area contributed by atoms with Gasteiger partial charge in [0.15, 0.2) is 0 Å². The molecule has 0 aliphatic carbocycles. The lowest BCUT2D eigenvalue weighted by atomic mass is 10.2. The van der Waals surface area contributed by atoms with Crippen molar-refractivity contribution < 1.29 is 4.79 Å². The Morgan fingerprint density at radius 3 is 2.64 bits per heavy atom. The minimum Gasteiger partial charge on any atom is -0.306 e. The van der Waals surface area contributed by atoms with Crippen molar-refractivity contribution in [3.05, 3.63) is 11.6 Å². The summed E-state index contributed by atoms with van der Waals surface area (Å²) in [5, 5.41) is 2.25. The number of amides is 1. The molecule has 0 saturated carbocycles. The van der Waals surface area contributed by atoms with Gasteiger partial charge in [-0.05, 0) is 12.3 Å². The molecule has 0 aromatic carbocycles. The molecule has 1 rings (SSSR count). The van der Waals surface area contributed by atoms with E-state index in [-0.39, 0.29) is 17.2 Å². The molecule has 11 heavy (non-hydrogen) atoms. The Kier molecular flexibility index (Phi) is 2.60. The third kappa shape index (κ3) is 1.77. The molecule has 0 fully saturated rings. The second-order valence-corrected chi connectivity index (χ2v) is 4.15. The number of rotatable bonds is 1. The van der Waals surface area contributed by atoms with Gasteiger partial charge in [0.05, 0.1) is 5.37 Å². The van der Waals surface area contributed by atoms with Crippen LogP contribution in [0.5, 0.6) is 0 Å². The summed E-state index contributed by atoms with van der Waals surface area (Å²) in [7, 11) is 0. The second kappa shape index (κ2) is 3.30. The zero-order chi connectivity index (χ0) is 8.43. The number of hydrogen-bond donors (Lipinski definition) is 0. The molecule has 0 radical (unpaired) electrons. The molecule has 0 bridgehead atoms. The van der Waals surface area contributed by atoms with Crippen LogP contribution in [0.4, 0.5) is 0 Å². The molecule has 0 spiro atoms. The van der Waals surface area contributed by atoms with E-state index < -0.39 is 0 Å². The first-order valence-electron chi connectivity index (χ1n) is 3.77. The van der Waals surface area contributed by atoms with E-state index in [0.29, 0.717) is 0 Å². The Hall–Kier alpha value is -0.440. The van der Waals surface area contributed by atoms with Gasteiger partial charge in [0.25, 0.3) is 0 Å². The molecule has 62 valence electrons. The summed E-state index contributed by atoms with van der Waals surface area (Å²) in [6.45, 7) is 5.88. The third-order valence-corrected chi connectivity index (χ3v) is 2.54. The summed E-state index contributed by atoms with van der Waals surface area (Å²) in [6, 6.07) is 0. The van der Waals surface area contributed by atoms with E-state index in [1.807, 2.05) is 32.4 Å². The summed E-state index contributed by atoms with van der Waals surface area (Å²) in [6.07, 6.45) is 1.86.